The Labute approximate surface area is 170 Å². The van der Waals surface area contributed by atoms with Crippen LogP contribution in [-0.4, -0.2) is 44.4 Å². The second kappa shape index (κ2) is 9.07. The van der Waals surface area contributed by atoms with Crippen molar-refractivity contribution < 1.29 is 17.9 Å². The molecule has 1 aliphatic heterocycles. The maximum absolute atomic E-state index is 12.7. The molecule has 2 heterocycles. The van der Waals surface area contributed by atoms with Gasteiger partial charge in [0, 0.05) is 13.1 Å². The fraction of sp³-hybridized carbons (Fsp3) is 0.450. The van der Waals surface area contributed by atoms with Crippen LogP contribution in [0.4, 0.5) is 0 Å². The summed E-state index contributed by atoms with van der Waals surface area (Å²) in [7, 11) is -3.52. The van der Waals surface area contributed by atoms with Crippen molar-refractivity contribution in [2.24, 2.45) is 5.92 Å². The predicted octanol–water partition coefficient (Wildman–Crippen LogP) is 3.04. The summed E-state index contributed by atoms with van der Waals surface area (Å²) in [6.07, 6.45) is 1.37. The molecule has 0 radical (unpaired) electrons. The normalized spacial score (nSPS) is 19.1. The summed E-state index contributed by atoms with van der Waals surface area (Å²) < 4.78 is 32.9. The molecule has 1 aromatic carbocycles. The zero-order chi connectivity index (χ0) is 20.1. The van der Waals surface area contributed by atoms with Crippen molar-refractivity contribution in [3.8, 4) is 5.75 Å². The lowest BCUT2D eigenvalue weighted by atomic mass is 9.98. The molecule has 0 aliphatic carbocycles. The van der Waals surface area contributed by atoms with Crippen LogP contribution < -0.4 is 10.1 Å². The van der Waals surface area contributed by atoms with E-state index >= 15 is 0 Å². The molecule has 152 valence electrons. The molecule has 0 unspecified atom stereocenters. The van der Waals surface area contributed by atoms with Crippen LogP contribution in [0.1, 0.15) is 25.3 Å². The lowest BCUT2D eigenvalue weighted by Crippen LogP contribution is -2.47. The zero-order valence-electron chi connectivity index (χ0n) is 16.1. The lowest BCUT2D eigenvalue weighted by Gasteiger charge is -2.31. The number of benzene rings is 1. The third kappa shape index (κ3) is 5.12. The highest BCUT2D eigenvalue weighted by molar-refractivity contribution is 7.91. The summed E-state index contributed by atoms with van der Waals surface area (Å²) in [5.74, 6) is 0.300. The number of rotatable bonds is 7. The molecule has 0 bridgehead atoms. The number of ether oxygens (including phenoxy) is 1. The molecule has 0 saturated carbocycles. The van der Waals surface area contributed by atoms with Gasteiger partial charge in [-0.1, -0.05) is 23.8 Å². The molecule has 3 rings (SSSR count). The van der Waals surface area contributed by atoms with Crippen LogP contribution in [0.5, 0.6) is 5.75 Å². The van der Waals surface area contributed by atoms with Crippen LogP contribution in [-0.2, 0) is 14.8 Å². The highest BCUT2D eigenvalue weighted by atomic mass is 32.2. The average Bonchev–Trinajstić information content (AvgIpc) is 3.23. The van der Waals surface area contributed by atoms with Gasteiger partial charge < -0.3 is 10.1 Å². The number of piperidine rings is 1. The molecule has 2 atom stereocenters. The Kier molecular flexibility index (Phi) is 6.74. The summed E-state index contributed by atoms with van der Waals surface area (Å²) in [5, 5.41) is 4.70. The Morgan fingerprint density at radius 1 is 1.32 bits per heavy atom. The van der Waals surface area contributed by atoms with Crippen molar-refractivity contribution in [3.63, 3.8) is 0 Å². The maximum atomic E-state index is 12.7. The van der Waals surface area contributed by atoms with Crippen molar-refractivity contribution in [1.82, 2.24) is 9.62 Å². The van der Waals surface area contributed by atoms with E-state index in [0.29, 0.717) is 30.2 Å². The van der Waals surface area contributed by atoms with E-state index in [4.69, 9.17) is 4.74 Å². The van der Waals surface area contributed by atoms with E-state index in [1.807, 2.05) is 38.1 Å². The Bertz CT molecular complexity index is 879. The number of amides is 1. The van der Waals surface area contributed by atoms with Crippen molar-refractivity contribution in [1.29, 1.82) is 0 Å². The maximum Gasteiger partial charge on any atom is 0.252 e. The summed E-state index contributed by atoms with van der Waals surface area (Å²) >= 11 is 1.20. The van der Waals surface area contributed by atoms with Gasteiger partial charge in [0.1, 0.15) is 16.6 Å². The van der Waals surface area contributed by atoms with E-state index in [1.165, 1.54) is 15.6 Å². The number of carbonyl (C=O) groups excluding carboxylic acids is 1. The standard InChI is InChI=1S/C20H26N2O4S2/c1-15-7-9-18(10-8-15)26-14-16(2)21-20(23)17-5-3-11-22(13-17)28(24,25)19-6-4-12-27-19/h4,6-10,12,16-17H,3,5,11,13-14H2,1-2H3,(H,21,23)/t16-,17-/m1/s1. The van der Waals surface area contributed by atoms with Crippen LogP contribution >= 0.6 is 11.3 Å². The molecule has 8 heteroatoms. The van der Waals surface area contributed by atoms with Gasteiger partial charge in [-0.05, 0) is 50.3 Å². The molecule has 0 spiro atoms. The number of nitrogens with zero attached hydrogens (tertiary/aromatic N) is 1. The van der Waals surface area contributed by atoms with Crippen molar-refractivity contribution in [2.75, 3.05) is 19.7 Å². The number of carbonyl (C=O) groups is 1. The van der Waals surface area contributed by atoms with Crippen LogP contribution in [0.2, 0.25) is 0 Å². The number of nitrogens with one attached hydrogen (secondary N) is 1. The Hall–Kier alpha value is -1.90. The van der Waals surface area contributed by atoms with Crippen molar-refractivity contribution >= 4 is 27.3 Å². The summed E-state index contributed by atoms with van der Waals surface area (Å²) in [6, 6.07) is 10.9. The van der Waals surface area contributed by atoms with Crippen LogP contribution in [0.15, 0.2) is 46.0 Å². The van der Waals surface area contributed by atoms with Crippen LogP contribution in [0.3, 0.4) is 0 Å². The number of thiophene rings is 1. The summed E-state index contributed by atoms with van der Waals surface area (Å²) in [4.78, 5) is 12.6. The molecule has 28 heavy (non-hydrogen) atoms. The smallest absolute Gasteiger partial charge is 0.252 e. The Balaban J connectivity index is 1.53. The largest absolute Gasteiger partial charge is 0.491 e. The summed E-state index contributed by atoms with van der Waals surface area (Å²) in [6.45, 7) is 4.93. The number of hydrogen-bond acceptors (Lipinski definition) is 5. The average molecular weight is 423 g/mol. The summed E-state index contributed by atoms with van der Waals surface area (Å²) in [5.41, 5.74) is 1.16. The minimum absolute atomic E-state index is 0.119. The van der Waals surface area contributed by atoms with Gasteiger partial charge in [-0.15, -0.1) is 11.3 Å². The first-order valence-electron chi connectivity index (χ1n) is 9.40. The molecule has 1 aromatic heterocycles. The fourth-order valence-electron chi connectivity index (χ4n) is 3.17. The quantitative estimate of drug-likeness (QED) is 0.744. The molecule has 1 saturated heterocycles. The van der Waals surface area contributed by atoms with Gasteiger partial charge in [0.25, 0.3) is 10.0 Å². The van der Waals surface area contributed by atoms with E-state index < -0.39 is 10.0 Å². The highest BCUT2D eigenvalue weighted by Gasteiger charge is 2.34. The van der Waals surface area contributed by atoms with E-state index in [9.17, 15) is 13.2 Å². The van der Waals surface area contributed by atoms with Crippen LogP contribution in [0, 0.1) is 12.8 Å². The molecule has 2 aromatic rings. The van der Waals surface area contributed by atoms with E-state index in [0.717, 1.165) is 11.3 Å². The van der Waals surface area contributed by atoms with Gasteiger partial charge in [0.05, 0.1) is 12.0 Å². The predicted molar refractivity (Wildman–Crippen MR) is 110 cm³/mol. The van der Waals surface area contributed by atoms with E-state index in [2.05, 4.69) is 5.32 Å². The van der Waals surface area contributed by atoms with Gasteiger partial charge in [-0.25, -0.2) is 8.42 Å². The third-order valence-corrected chi connectivity index (χ3v) is 7.99. The molecule has 1 amide bonds. The van der Waals surface area contributed by atoms with Gasteiger partial charge in [0.15, 0.2) is 0 Å². The highest BCUT2D eigenvalue weighted by Crippen LogP contribution is 2.26. The Morgan fingerprint density at radius 2 is 2.07 bits per heavy atom. The molecule has 1 fully saturated rings. The fourth-order valence-corrected chi connectivity index (χ4v) is 5.84. The van der Waals surface area contributed by atoms with Crippen LogP contribution in [0.25, 0.3) is 0 Å². The molecule has 1 aliphatic rings. The first kappa shape index (κ1) is 20.8. The third-order valence-electron chi connectivity index (χ3n) is 4.75. The second-order valence-corrected chi connectivity index (χ2v) is 10.3. The zero-order valence-corrected chi connectivity index (χ0v) is 17.8. The number of hydrogen-bond donors (Lipinski definition) is 1. The molecular weight excluding hydrogens is 396 g/mol. The van der Waals surface area contributed by atoms with Gasteiger partial charge in [-0.3, -0.25) is 4.79 Å². The van der Waals surface area contributed by atoms with Crippen molar-refractivity contribution in [2.45, 2.75) is 36.9 Å². The first-order chi connectivity index (χ1) is 13.4. The topological polar surface area (TPSA) is 75.7 Å². The monoisotopic (exact) mass is 422 g/mol. The van der Waals surface area contributed by atoms with E-state index in [-0.39, 0.29) is 24.4 Å². The minimum Gasteiger partial charge on any atom is -0.491 e. The second-order valence-electron chi connectivity index (χ2n) is 7.17. The first-order valence-corrected chi connectivity index (χ1v) is 11.7. The minimum atomic E-state index is -3.52. The SMILES string of the molecule is Cc1ccc(OC[C@@H](C)NC(=O)[C@@H]2CCCN(S(=O)(=O)c3cccs3)C2)cc1. The van der Waals surface area contributed by atoms with Gasteiger partial charge in [-0.2, -0.15) is 4.31 Å². The number of sulfonamides is 1. The Morgan fingerprint density at radius 3 is 2.75 bits per heavy atom. The molecule has 1 N–H and O–H groups in total. The molecule has 6 nitrogen and oxygen atoms in total. The number of aryl methyl sites for hydroxylation is 1. The molecular formula is C20H26N2O4S2. The van der Waals surface area contributed by atoms with Crippen molar-refractivity contribution in [3.05, 3.63) is 47.3 Å². The van der Waals surface area contributed by atoms with Gasteiger partial charge in [0.2, 0.25) is 5.91 Å². The van der Waals surface area contributed by atoms with E-state index in [1.54, 1.807) is 17.5 Å². The van der Waals surface area contributed by atoms with Gasteiger partial charge >= 0.3 is 0 Å². The lowest BCUT2D eigenvalue weighted by molar-refractivity contribution is -0.126.